The second-order valence-corrected chi connectivity index (χ2v) is 5.29. The molecule has 0 bridgehead atoms. The van der Waals surface area contributed by atoms with Crippen molar-refractivity contribution in [2.45, 2.75) is 18.9 Å². The number of thiophene rings is 1. The summed E-state index contributed by atoms with van der Waals surface area (Å²) < 4.78 is 0. The van der Waals surface area contributed by atoms with E-state index < -0.39 is 11.5 Å². The zero-order valence-electron chi connectivity index (χ0n) is 9.47. The lowest BCUT2D eigenvalue weighted by Crippen LogP contribution is -2.50. The molecule has 1 fully saturated rings. The highest BCUT2D eigenvalue weighted by Gasteiger charge is 2.43. The highest BCUT2D eigenvalue weighted by molar-refractivity contribution is 7.12. The molecule has 1 unspecified atom stereocenters. The normalized spacial score (nSPS) is 24.0. The van der Waals surface area contributed by atoms with Crippen LogP contribution < -0.4 is 5.73 Å². The van der Waals surface area contributed by atoms with Gasteiger partial charge in [0.25, 0.3) is 5.91 Å². The number of hydrogen-bond acceptors (Lipinski definition) is 4. The predicted octanol–water partition coefficient (Wildman–Crippen LogP) is 0.685. The van der Waals surface area contributed by atoms with Gasteiger partial charge < -0.3 is 15.7 Å². The number of nitrogens with zero attached hydrogens (tertiary/aromatic N) is 1. The van der Waals surface area contributed by atoms with Gasteiger partial charge in [-0.05, 0) is 30.4 Å². The zero-order chi connectivity index (χ0) is 12.6. The molecule has 6 heteroatoms. The molecule has 0 saturated carbocycles. The van der Waals surface area contributed by atoms with Crippen molar-refractivity contribution in [3.63, 3.8) is 0 Å². The van der Waals surface area contributed by atoms with Crippen molar-refractivity contribution in [2.24, 2.45) is 5.73 Å². The van der Waals surface area contributed by atoms with Crippen molar-refractivity contribution >= 4 is 23.2 Å². The topological polar surface area (TPSA) is 83.6 Å². The average molecular weight is 254 g/mol. The molecule has 0 radical (unpaired) electrons. The molecule has 1 aliphatic heterocycles. The minimum Gasteiger partial charge on any atom is -0.480 e. The molecule has 1 amide bonds. The first-order chi connectivity index (χ1) is 7.94. The number of aryl methyl sites for hydroxylation is 1. The molecule has 1 saturated heterocycles. The molecular weight excluding hydrogens is 240 g/mol. The molecule has 1 atom stereocenters. The van der Waals surface area contributed by atoms with E-state index in [1.807, 2.05) is 18.4 Å². The fraction of sp³-hybridized carbons (Fsp3) is 0.455. The van der Waals surface area contributed by atoms with E-state index in [1.165, 1.54) is 16.2 Å². The summed E-state index contributed by atoms with van der Waals surface area (Å²) in [6, 6.07) is 1.88. The number of carbonyl (C=O) groups excluding carboxylic acids is 1. The molecular formula is C11H14N2O3S. The van der Waals surface area contributed by atoms with Gasteiger partial charge in [-0.15, -0.1) is 11.3 Å². The minimum atomic E-state index is -1.29. The molecule has 5 nitrogen and oxygen atoms in total. The van der Waals surface area contributed by atoms with E-state index in [0.29, 0.717) is 17.8 Å². The van der Waals surface area contributed by atoms with E-state index in [1.54, 1.807) is 0 Å². The average Bonchev–Trinajstić information content (AvgIpc) is 2.85. The third-order valence-electron chi connectivity index (χ3n) is 3.07. The molecule has 0 spiro atoms. The molecule has 3 N–H and O–H groups in total. The van der Waals surface area contributed by atoms with Crippen LogP contribution in [0.5, 0.6) is 0 Å². The van der Waals surface area contributed by atoms with Crippen LogP contribution >= 0.6 is 11.3 Å². The maximum Gasteiger partial charge on any atom is 0.325 e. The summed E-state index contributed by atoms with van der Waals surface area (Å²) in [5.74, 6) is -1.17. The van der Waals surface area contributed by atoms with Gasteiger partial charge >= 0.3 is 5.97 Å². The Morgan fingerprint density at radius 3 is 2.76 bits per heavy atom. The van der Waals surface area contributed by atoms with E-state index in [2.05, 4.69) is 0 Å². The van der Waals surface area contributed by atoms with E-state index in [-0.39, 0.29) is 12.5 Å². The van der Waals surface area contributed by atoms with Crippen LogP contribution in [-0.4, -0.2) is 40.5 Å². The van der Waals surface area contributed by atoms with Crippen LogP contribution in [0, 0.1) is 6.92 Å². The summed E-state index contributed by atoms with van der Waals surface area (Å²) in [7, 11) is 0. The summed E-state index contributed by atoms with van der Waals surface area (Å²) in [6.07, 6.45) is 0.304. The quantitative estimate of drug-likeness (QED) is 0.813. The third-order valence-corrected chi connectivity index (χ3v) is 4.07. The van der Waals surface area contributed by atoms with Crippen LogP contribution in [0.2, 0.25) is 0 Å². The van der Waals surface area contributed by atoms with Crippen LogP contribution in [-0.2, 0) is 4.79 Å². The number of carbonyl (C=O) groups is 2. The first-order valence-corrected chi connectivity index (χ1v) is 6.18. The van der Waals surface area contributed by atoms with E-state index in [9.17, 15) is 9.59 Å². The Labute approximate surface area is 103 Å². The predicted molar refractivity (Wildman–Crippen MR) is 64.1 cm³/mol. The van der Waals surface area contributed by atoms with Crippen LogP contribution in [0.4, 0.5) is 0 Å². The Morgan fingerprint density at radius 2 is 2.29 bits per heavy atom. The third kappa shape index (κ3) is 2.05. The van der Waals surface area contributed by atoms with Crippen LogP contribution in [0.15, 0.2) is 11.4 Å². The minimum absolute atomic E-state index is 0.0819. The molecule has 1 aliphatic rings. The molecule has 17 heavy (non-hydrogen) atoms. The van der Waals surface area contributed by atoms with E-state index in [0.717, 1.165) is 5.56 Å². The van der Waals surface area contributed by atoms with Gasteiger partial charge in [-0.1, -0.05) is 0 Å². The summed E-state index contributed by atoms with van der Waals surface area (Å²) >= 11 is 1.37. The lowest BCUT2D eigenvalue weighted by Gasteiger charge is -2.19. The number of carboxylic acid groups (broad SMARTS) is 1. The molecule has 2 rings (SSSR count). The van der Waals surface area contributed by atoms with Gasteiger partial charge in [0, 0.05) is 13.1 Å². The Bertz CT molecular complexity index is 471. The summed E-state index contributed by atoms with van der Waals surface area (Å²) in [6.45, 7) is 2.35. The Balaban J connectivity index is 2.15. The van der Waals surface area contributed by atoms with Crippen LogP contribution in [0.25, 0.3) is 0 Å². The highest BCUT2D eigenvalue weighted by Crippen LogP contribution is 2.24. The highest BCUT2D eigenvalue weighted by atomic mass is 32.1. The first kappa shape index (κ1) is 12.1. The number of rotatable bonds is 2. The molecule has 1 aromatic heterocycles. The van der Waals surface area contributed by atoms with Gasteiger partial charge in [0.1, 0.15) is 5.54 Å². The summed E-state index contributed by atoms with van der Waals surface area (Å²) in [4.78, 5) is 25.3. The Morgan fingerprint density at radius 1 is 1.59 bits per heavy atom. The maximum atomic E-state index is 12.1. The van der Waals surface area contributed by atoms with Crippen molar-refractivity contribution in [3.8, 4) is 0 Å². The number of hydrogen-bond donors (Lipinski definition) is 2. The molecule has 0 aromatic carbocycles. The van der Waals surface area contributed by atoms with Gasteiger partial charge in [0.2, 0.25) is 0 Å². The lowest BCUT2D eigenvalue weighted by atomic mass is 10.0. The molecule has 92 valence electrons. The first-order valence-electron chi connectivity index (χ1n) is 5.30. The zero-order valence-corrected chi connectivity index (χ0v) is 10.3. The van der Waals surface area contributed by atoms with Gasteiger partial charge in [0.05, 0.1) is 4.88 Å². The van der Waals surface area contributed by atoms with Crippen molar-refractivity contribution < 1.29 is 14.7 Å². The van der Waals surface area contributed by atoms with E-state index in [4.69, 9.17) is 10.8 Å². The monoisotopic (exact) mass is 254 g/mol. The Hall–Kier alpha value is -1.40. The Kier molecular flexibility index (Phi) is 2.92. The maximum absolute atomic E-state index is 12.1. The number of likely N-dealkylation sites (tertiary alicyclic amines) is 1. The van der Waals surface area contributed by atoms with Gasteiger partial charge in [-0.3, -0.25) is 9.59 Å². The number of carboxylic acids is 1. The second kappa shape index (κ2) is 4.12. The van der Waals surface area contributed by atoms with Crippen molar-refractivity contribution in [1.29, 1.82) is 0 Å². The summed E-state index contributed by atoms with van der Waals surface area (Å²) in [5, 5.41) is 10.8. The van der Waals surface area contributed by atoms with E-state index >= 15 is 0 Å². The number of aliphatic carboxylic acids is 1. The number of nitrogens with two attached hydrogens (primary N) is 1. The largest absolute Gasteiger partial charge is 0.480 e. The summed E-state index contributed by atoms with van der Waals surface area (Å²) in [5.41, 5.74) is 5.36. The van der Waals surface area contributed by atoms with Crippen LogP contribution in [0.3, 0.4) is 0 Å². The van der Waals surface area contributed by atoms with Crippen molar-refractivity contribution in [2.75, 3.05) is 13.1 Å². The van der Waals surface area contributed by atoms with Gasteiger partial charge in [-0.25, -0.2) is 0 Å². The van der Waals surface area contributed by atoms with Crippen molar-refractivity contribution in [1.82, 2.24) is 4.90 Å². The molecule has 1 aromatic rings. The SMILES string of the molecule is Cc1ccsc1C(=O)N1CCC(N)(C(=O)O)C1. The standard InChI is InChI=1S/C11H14N2O3S/c1-7-2-5-17-8(7)9(14)13-4-3-11(12,6-13)10(15)16/h2,5H,3-4,6,12H2,1H3,(H,15,16). The van der Waals surface area contributed by atoms with Gasteiger partial charge in [-0.2, -0.15) is 0 Å². The molecule has 0 aliphatic carbocycles. The fourth-order valence-corrected chi connectivity index (χ4v) is 2.81. The second-order valence-electron chi connectivity index (χ2n) is 4.37. The number of amides is 1. The molecule has 2 heterocycles. The van der Waals surface area contributed by atoms with Crippen molar-refractivity contribution in [3.05, 3.63) is 21.9 Å². The fourth-order valence-electron chi connectivity index (χ4n) is 1.92. The van der Waals surface area contributed by atoms with Crippen LogP contribution in [0.1, 0.15) is 21.7 Å². The smallest absolute Gasteiger partial charge is 0.325 e. The lowest BCUT2D eigenvalue weighted by molar-refractivity contribution is -0.142. The van der Waals surface area contributed by atoms with Gasteiger partial charge in [0.15, 0.2) is 0 Å².